The Morgan fingerprint density at radius 1 is 1.03 bits per heavy atom. The van der Waals surface area contributed by atoms with Crippen LogP contribution in [0.25, 0.3) is 0 Å². The van der Waals surface area contributed by atoms with E-state index in [1.54, 1.807) is 32.6 Å². The predicted molar refractivity (Wildman–Crippen MR) is 131 cm³/mol. The molecule has 1 amide bonds. The van der Waals surface area contributed by atoms with Crippen molar-refractivity contribution in [2.45, 2.75) is 25.4 Å². The first kappa shape index (κ1) is 23.0. The summed E-state index contributed by atoms with van der Waals surface area (Å²) in [7, 11) is 4.92. The van der Waals surface area contributed by atoms with Gasteiger partial charge in [0.25, 0.3) is 5.91 Å². The van der Waals surface area contributed by atoms with Crippen LogP contribution in [0.5, 0.6) is 17.2 Å². The normalized spacial score (nSPS) is 17.6. The summed E-state index contributed by atoms with van der Waals surface area (Å²) in [6.45, 7) is 1.71. The number of furan rings is 1. The molecule has 182 valence electrons. The third-order valence-electron chi connectivity index (χ3n) is 6.62. The topological polar surface area (TPSA) is 76.7 Å². The van der Waals surface area contributed by atoms with E-state index in [0.717, 1.165) is 47.1 Å². The molecule has 0 N–H and O–H groups in total. The number of carbonyl (C=O) groups excluding carboxylic acids is 1. The van der Waals surface area contributed by atoms with Crippen molar-refractivity contribution in [3.8, 4) is 17.2 Å². The molecule has 0 saturated carbocycles. The van der Waals surface area contributed by atoms with E-state index in [2.05, 4.69) is 4.90 Å². The number of carbonyl (C=O) groups is 1. The number of hydrazone groups is 1. The lowest BCUT2D eigenvalue weighted by molar-refractivity contribution is -0.134. The number of nitrogens with zero attached hydrogens (tertiary/aromatic N) is 3. The molecule has 0 bridgehead atoms. The molecule has 3 heterocycles. The zero-order valence-corrected chi connectivity index (χ0v) is 20.2. The minimum Gasteiger partial charge on any atom is -0.497 e. The fraction of sp³-hybridized carbons (Fsp3) is 0.333. The fourth-order valence-corrected chi connectivity index (χ4v) is 4.74. The molecule has 2 aromatic carbocycles. The zero-order chi connectivity index (χ0) is 24.4. The second kappa shape index (κ2) is 9.84. The van der Waals surface area contributed by atoms with Gasteiger partial charge in [0.05, 0.1) is 39.8 Å². The highest BCUT2D eigenvalue weighted by Crippen LogP contribution is 2.35. The maximum absolute atomic E-state index is 13.5. The number of amides is 1. The van der Waals surface area contributed by atoms with Gasteiger partial charge in [-0.15, -0.1) is 0 Å². The number of benzene rings is 2. The van der Waals surface area contributed by atoms with Crippen molar-refractivity contribution in [2.75, 3.05) is 34.4 Å². The second-order valence-electron chi connectivity index (χ2n) is 8.69. The molecule has 0 fully saturated rings. The molecule has 8 nitrogen and oxygen atoms in total. The van der Waals surface area contributed by atoms with Crippen LogP contribution in [0.15, 0.2) is 64.3 Å². The first-order chi connectivity index (χ1) is 17.1. The Morgan fingerprint density at radius 2 is 1.77 bits per heavy atom. The SMILES string of the molecule is COc1ccc(C2=NN(C(=O)CN3CCc4cc(OC)c(OC)cc4C3)C(c3ccco3)C2)cc1. The van der Waals surface area contributed by atoms with E-state index in [9.17, 15) is 4.79 Å². The third kappa shape index (κ3) is 4.61. The number of hydrogen-bond donors (Lipinski definition) is 0. The molecule has 0 saturated heterocycles. The van der Waals surface area contributed by atoms with Crippen LogP contribution in [-0.2, 0) is 17.8 Å². The molecule has 0 radical (unpaired) electrons. The highest BCUT2D eigenvalue weighted by molar-refractivity contribution is 6.03. The molecule has 1 aromatic heterocycles. The summed E-state index contributed by atoms with van der Waals surface area (Å²) in [6, 6.07) is 15.2. The second-order valence-corrected chi connectivity index (χ2v) is 8.69. The lowest BCUT2D eigenvalue weighted by atomic mass is 9.98. The van der Waals surface area contributed by atoms with Gasteiger partial charge in [0, 0.05) is 19.5 Å². The van der Waals surface area contributed by atoms with Crippen molar-refractivity contribution in [3.05, 3.63) is 77.2 Å². The van der Waals surface area contributed by atoms with Crippen molar-refractivity contribution in [1.29, 1.82) is 0 Å². The van der Waals surface area contributed by atoms with Gasteiger partial charge in [-0.1, -0.05) is 0 Å². The number of hydrogen-bond acceptors (Lipinski definition) is 7. The van der Waals surface area contributed by atoms with Gasteiger partial charge in [0.1, 0.15) is 17.6 Å². The average Bonchev–Trinajstić information content (AvgIpc) is 3.58. The summed E-state index contributed by atoms with van der Waals surface area (Å²) in [5.41, 5.74) is 4.18. The maximum Gasteiger partial charge on any atom is 0.257 e. The van der Waals surface area contributed by atoms with Crippen molar-refractivity contribution >= 4 is 11.6 Å². The van der Waals surface area contributed by atoms with E-state index in [0.29, 0.717) is 18.7 Å². The van der Waals surface area contributed by atoms with Crippen molar-refractivity contribution in [2.24, 2.45) is 5.10 Å². The van der Waals surface area contributed by atoms with Crippen molar-refractivity contribution in [3.63, 3.8) is 0 Å². The van der Waals surface area contributed by atoms with Gasteiger partial charge in [-0.05, 0) is 71.6 Å². The van der Waals surface area contributed by atoms with Crippen LogP contribution >= 0.6 is 0 Å². The molecular weight excluding hydrogens is 446 g/mol. The van der Waals surface area contributed by atoms with Crippen LogP contribution < -0.4 is 14.2 Å². The number of ether oxygens (including phenoxy) is 3. The lowest BCUT2D eigenvalue weighted by Gasteiger charge is -2.30. The fourth-order valence-electron chi connectivity index (χ4n) is 4.74. The van der Waals surface area contributed by atoms with Crippen LogP contribution in [0.3, 0.4) is 0 Å². The Kier molecular flexibility index (Phi) is 6.46. The Labute approximate surface area is 204 Å². The van der Waals surface area contributed by atoms with Crippen LogP contribution in [-0.4, -0.2) is 55.9 Å². The molecule has 35 heavy (non-hydrogen) atoms. The van der Waals surface area contributed by atoms with Crippen LogP contribution in [0.2, 0.25) is 0 Å². The summed E-state index contributed by atoms with van der Waals surface area (Å²) in [5.74, 6) is 2.88. The molecule has 0 aliphatic carbocycles. The van der Waals surface area contributed by atoms with Gasteiger partial charge in [-0.3, -0.25) is 9.69 Å². The van der Waals surface area contributed by atoms with E-state index in [1.807, 2.05) is 48.5 Å². The quantitative estimate of drug-likeness (QED) is 0.513. The van der Waals surface area contributed by atoms with Crippen LogP contribution in [0.4, 0.5) is 0 Å². The van der Waals surface area contributed by atoms with Gasteiger partial charge in [0.15, 0.2) is 11.5 Å². The summed E-state index contributed by atoms with van der Waals surface area (Å²) in [6.07, 6.45) is 3.06. The molecule has 2 aliphatic heterocycles. The van der Waals surface area contributed by atoms with Crippen molar-refractivity contribution in [1.82, 2.24) is 9.91 Å². The number of fused-ring (bicyclic) bond motifs is 1. The van der Waals surface area contributed by atoms with Gasteiger partial charge >= 0.3 is 0 Å². The Hall–Kier alpha value is -3.78. The van der Waals surface area contributed by atoms with Gasteiger partial charge in [-0.25, -0.2) is 5.01 Å². The standard InChI is InChI=1S/C27H29N3O5/c1-32-21-8-6-18(7-9-21)22-15-23(24-5-4-12-35-24)30(28-22)27(31)17-29-11-10-19-13-25(33-2)26(34-3)14-20(19)16-29/h4-9,12-14,23H,10-11,15-17H2,1-3H3. The number of rotatable bonds is 7. The van der Waals surface area contributed by atoms with E-state index < -0.39 is 0 Å². The van der Waals surface area contributed by atoms with Gasteiger partial charge in [-0.2, -0.15) is 5.10 Å². The maximum atomic E-state index is 13.5. The van der Waals surface area contributed by atoms with Gasteiger partial charge in [0.2, 0.25) is 0 Å². The Morgan fingerprint density at radius 3 is 2.43 bits per heavy atom. The Balaban J connectivity index is 1.35. The first-order valence-corrected chi connectivity index (χ1v) is 11.6. The molecule has 8 heteroatoms. The molecule has 0 spiro atoms. The minimum absolute atomic E-state index is 0.0566. The monoisotopic (exact) mass is 475 g/mol. The average molecular weight is 476 g/mol. The summed E-state index contributed by atoms with van der Waals surface area (Å²) < 4.78 is 21.9. The Bertz CT molecular complexity index is 1220. The number of methoxy groups -OCH3 is 3. The minimum atomic E-state index is -0.268. The lowest BCUT2D eigenvalue weighted by Crippen LogP contribution is -2.40. The van der Waals surface area contributed by atoms with Crippen LogP contribution in [0.1, 0.15) is 34.9 Å². The van der Waals surface area contributed by atoms with Crippen molar-refractivity contribution < 1.29 is 23.4 Å². The molecule has 1 atom stereocenters. The molecule has 1 unspecified atom stereocenters. The smallest absolute Gasteiger partial charge is 0.257 e. The molecular formula is C27H29N3O5. The van der Waals surface area contributed by atoms with E-state index in [1.165, 1.54) is 5.56 Å². The van der Waals surface area contributed by atoms with Crippen LogP contribution in [0, 0.1) is 0 Å². The first-order valence-electron chi connectivity index (χ1n) is 11.6. The zero-order valence-electron chi connectivity index (χ0n) is 20.2. The summed E-state index contributed by atoms with van der Waals surface area (Å²) in [5, 5.41) is 6.33. The largest absolute Gasteiger partial charge is 0.497 e. The van der Waals surface area contributed by atoms with E-state index >= 15 is 0 Å². The predicted octanol–water partition coefficient (Wildman–Crippen LogP) is 4.04. The summed E-state index contributed by atoms with van der Waals surface area (Å²) >= 11 is 0. The molecule has 5 rings (SSSR count). The third-order valence-corrected chi connectivity index (χ3v) is 6.62. The highest BCUT2D eigenvalue weighted by atomic mass is 16.5. The van der Waals surface area contributed by atoms with Gasteiger partial charge < -0.3 is 18.6 Å². The molecule has 2 aliphatic rings. The highest BCUT2D eigenvalue weighted by Gasteiger charge is 2.35. The van der Waals surface area contributed by atoms with E-state index in [-0.39, 0.29) is 18.5 Å². The molecule has 3 aromatic rings. The van der Waals surface area contributed by atoms with E-state index in [4.69, 9.17) is 23.7 Å². The summed E-state index contributed by atoms with van der Waals surface area (Å²) in [4.78, 5) is 15.7.